The Labute approximate surface area is 142 Å². The fourth-order valence-electron chi connectivity index (χ4n) is 1.94. The number of primary amides is 1. The third kappa shape index (κ3) is 23.3. The Balaban J connectivity index is 0. The number of amides is 1. The molecule has 0 bridgehead atoms. The molecule has 0 aliphatic carbocycles. The van der Waals surface area contributed by atoms with Gasteiger partial charge in [-0.15, -0.1) is 0 Å². The van der Waals surface area contributed by atoms with Crippen molar-refractivity contribution in [3.63, 3.8) is 0 Å². The fourth-order valence-corrected chi connectivity index (χ4v) is 1.94. The molecule has 0 spiro atoms. The van der Waals surface area contributed by atoms with Crippen LogP contribution in [0.25, 0.3) is 0 Å². The standard InChI is InChI=1S/C14H28O2.C4H10N2O/c1-2-3-4-5-6-7-8-9-10-11-12-13-14(15)16;1-4(2,6)3(5)7/h2-13H2,1H3,(H,15,16);6H2,1-2H3,(H2,5,7). The van der Waals surface area contributed by atoms with Gasteiger partial charge in [0.1, 0.15) is 0 Å². The molecule has 0 aliphatic rings. The Hall–Kier alpha value is -1.10. The summed E-state index contributed by atoms with van der Waals surface area (Å²) in [6, 6.07) is 0. The molecule has 0 aromatic rings. The summed E-state index contributed by atoms with van der Waals surface area (Å²) >= 11 is 0. The summed E-state index contributed by atoms with van der Waals surface area (Å²) in [5, 5.41) is 8.46. The highest BCUT2D eigenvalue weighted by Crippen LogP contribution is 2.11. The topological polar surface area (TPSA) is 106 Å². The van der Waals surface area contributed by atoms with Crippen molar-refractivity contribution in [3.05, 3.63) is 0 Å². The second-order valence-electron chi connectivity index (χ2n) is 6.77. The second-order valence-corrected chi connectivity index (χ2v) is 6.77. The number of carboxylic acids is 1. The van der Waals surface area contributed by atoms with Crippen molar-refractivity contribution in [3.8, 4) is 0 Å². The van der Waals surface area contributed by atoms with Crippen molar-refractivity contribution in [2.24, 2.45) is 11.5 Å². The predicted molar refractivity (Wildman–Crippen MR) is 96.2 cm³/mol. The van der Waals surface area contributed by atoms with Crippen molar-refractivity contribution >= 4 is 11.9 Å². The molecule has 5 nitrogen and oxygen atoms in total. The zero-order chi connectivity index (χ0) is 18.1. The van der Waals surface area contributed by atoms with Gasteiger partial charge in [-0.25, -0.2) is 0 Å². The van der Waals surface area contributed by atoms with E-state index in [0.29, 0.717) is 6.42 Å². The van der Waals surface area contributed by atoms with Gasteiger partial charge in [-0.05, 0) is 20.3 Å². The zero-order valence-corrected chi connectivity index (χ0v) is 15.4. The van der Waals surface area contributed by atoms with Gasteiger partial charge in [0.15, 0.2) is 0 Å². The molecule has 5 N–H and O–H groups in total. The number of unbranched alkanes of at least 4 members (excludes halogenated alkanes) is 10. The first-order chi connectivity index (χ1) is 10.7. The number of aliphatic carboxylic acids is 1. The van der Waals surface area contributed by atoms with Crippen molar-refractivity contribution in [1.29, 1.82) is 0 Å². The van der Waals surface area contributed by atoms with Crippen molar-refractivity contribution in [2.75, 3.05) is 0 Å². The van der Waals surface area contributed by atoms with E-state index in [1.54, 1.807) is 13.8 Å². The van der Waals surface area contributed by atoms with Gasteiger partial charge in [-0.2, -0.15) is 0 Å². The minimum Gasteiger partial charge on any atom is -0.481 e. The highest BCUT2D eigenvalue weighted by molar-refractivity contribution is 5.83. The van der Waals surface area contributed by atoms with Crippen molar-refractivity contribution < 1.29 is 14.7 Å². The summed E-state index contributed by atoms with van der Waals surface area (Å²) in [7, 11) is 0. The normalized spacial score (nSPS) is 10.8. The molecule has 138 valence electrons. The van der Waals surface area contributed by atoms with Crippen LogP contribution in [0.5, 0.6) is 0 Å². The highest BCUT2D eigenvalue weighted by Gasteiger charge is 2.16. The van der Waals surface area contributed by atoms with Gasteiger partial charge in [0.25, 0.3) is 0 Å². The summed E-state index contributed by atoms with van der Waals surface area (Å²) in [5.74, 6) is -1.14. The van der Waals surface area contributed by atoms with Crippen LogP contribution >= 0.6 is 0 Å². The van der Waals surface area contributed by atoms with E-state index in [0.717, 1.165) is 12.8 Å². The first kappa shape index (κ1) is 24.2. The van der Waals surface area contributed by atoms with Crippen LogP contribution in [0.4, 0.5) is 0 Å². The van der Waals surface area contributed by atoms with E-state index in [9.17, 15) is 9.59 Å². The molecule has 1 amide bonds. The first-order valence-electron chi connectivity index (χ1n) is 9.02. The first-order valence-corrected chi connectivity index (χ1v) is 9.02. The number of nitrogens with two attached hydrogens (primary N) is 2. The largest absolute Gasteiger partial charge is 0.481 e. The minimum atomic E-state index is -0.861. The molecule has 0 fully saturated rings. The van der Waals surface area contributed by atoms with E-state index in [1.165, 1.54) is 57.8 Å². The number of carboxylic acid groups (broad SMARTS) is 1. The maximum atomic E-state index is 10.3. The molecule has 23 heavy (non-hydrogen) atoms. The van der Waals surface area contributed by atoms with E-state index < -0.39 is 17.4 Å². The Morgan fingerprint density at radius 2 is 1.13 bits per heavy atom. The Morgan fingerprint density at radius 3 is 1.39 bits per heavy atom. The number of carbonyl (C=O) groups is 2. The molecular formula is C18H38N2O3. The van der Waals surface area contributed by atoms with E-state index in [4.69, 9.17) is 16.6 Å². The van der Waals surface area contributed by atoms with Gasteiger partial charge >= 0.3 is 5.97 Å². The Morgan fingerprint density at radius 1 is 0.826 bits per heavy atom. The van der Waals surface area contributed by atoms with E-state index in [-0.39, 0.29) is 0 Å². The predicted octanol–water partition coefficient (Wildman–Crippen LogP) is 3.98. The third-order valence-electron chi connectivity index (χ3n) is 3.63. The van der Waals surface area contributed by atoms with Crippen LogP contribution in [0.3, 0.4) is 0 Å². The number of hydrogen-bond acceptors (Lipinski definition) is 3. The summed E-state index contributed by atoms with van der Waals surface area (Å²) in [4.78, 5) is 20.4. The number of hydrogen-bond donors (Lipinski definition) is 3. The summed E-state index contributed by atoms with van der Waals surface area (Å²) < 4.78 is 0. The molecule has 0 heterocycles. The van der Waals surface area contributed by atoms with Crippen LogP contribution in [0.15, 0.2) is 0 Å². The molecule has 0 rings (SSSR count). The van der Waals surface area contributed by atoms with Crippen LogP contribution in [0.1, 0.15) is 97.8 Å². The van der Waals surface area contributed by atoms with Crippen molar-refractivity contribution in [1.82, 2.24) is 0 Å². The molecule has 0 atom stereocenters. The minimum absolute atomic E-state index is 0.344. The third-order valence-corrected chi connectivity index (χ3v) is 3.63. The van der Waals surface area contributed by atoms with Crippen LogP contribution in [0, 0.1) is 0 Å². The van der Waals surface area contributed by atoms with E-state index in [2.05, 4.69) is 6.92 Å². The maximum absolute atomic E-state index is 10.3. The lowest BCUT2D eigenvalue weighted by atomic mass is 10.1. The van der Waals surface area contributed by atoms with Crippen LogP contribution < -0.4 is 11.5 Å². The number of rotatable bonds is 13. The van der Waals surface area contributed by atoms with Crippen LogP contribution in [-0.4, -0.2) is 22.5 Å². The zero-order valence-electron chi connectivity index (χ0n) is 15.4. The second kappa shape index (κ2) is 15.8. The average Bonchev–Trinajstić information content (AvgIpc) is 2.44. The van der Waals surface area contributed by atoms with E-state index in [1.807, 2.05) is 0 Å². The lowest BCUT2D eigenvalue weighted by Gasteiger charge is -2.10. The van der Waals surface area contributed by atoms with Crippen LogP contribution in [-0.2, 0) is 9.59 Å². The lowest BCUT2D eigenvalue weighted by molar-refractivity contribution is -0.137. The highest BCUT2D eigenvalue weighted by atomic mass is 16.4. The molecule has 0 aromatic carbocycles. The van der Waals surface area contributed by atoms with Crippen molar-refractivity contribution in [2.45, 2.75) is 103 Å². The Kier molecular flexibility index (Phi) is 16.6. The quantitative estimate of drug-likeness (QED) is 0.444. The average molecular weight is 331 g/mol. The molecule has 0 aromatic heterocycles. The van der Waals surface area contributed by atoms with Gasteiger partial charge in [0, 0.05) is 6.42 Å². The molecule has 5 heteroatoms. The van der Waals surface area contributed by atoms with Gasteiger partial charge in [0.05, 0.1) is 5.54 Å². The monoisotopic (exact) mass is 330 g/mol. The molecule has 0 unspecified atom stereocenters. The summed E-state index contributed by atoms with van der Waals surface area (Å²) in [5.41, 5.74) is 9.15. The summed E-state index contributed by atoms with van der Waals surface area (Å²) in [6.45, 7) is 5.38. The fraction of sp³-hybridized carbons (Fsp3) is 0.889. The smallest absolute Gasteiger partial charge is 0.303 e. The molecular weight excluding hydrogens is 292 g/mol. The molecule has 0 saturated heterocycles. The number of carbonyl (C=O) groups excluding carboxylic acids is 1. The van der Waals surface area contributed by atoms with E-state index >= 15 is 0 Å². The molecule has 0 radical (unpaired) electrons. The maximum Gasteiger partial charge on any atom is 0.303 e. The SMILES string of the molecule is CC(C)(N)C(N)=O.CCCCCCCCCCCCCC(=O)O. The van der Waals surface area contributed by atoms with Gasteiger partial charge in [-0.1, -0.05) is 71.1 Å². The van der Waals surface area contributed by atoms with Gasteiger partial charge < -0.3 is 16.6 Å². The lowest BCUT2D eigenvalue weighted by Crippen LogP contribution is -2.46. The van der Waals surface area contributed by atoms with Crippen LogP contribution in [0.2, 0.25) is 0 Å². The molecule has 0 aliphatic heterocycles. The van der Waals surface area contributed by atoms with Gasteiger partial charge in [-0.3, -0.25) is 9.59 Å². The van der Waals surface area contributed by atoms with Gasteiger partial charge in [0.2, 0.25) is 5.91 Å². The molecule has 0 saturated carbocycles. The Bertz CT molecular complexity index is 299. The summed E-state index contributed by atoms with van der Waals surface area (Å²) in [6.07, 6.45) is 14.4.